The Kier molecular flexibility index (Phi) is 11.6. The van der Waals surface area contributed by atoms with E-state index in [9.17, 15) is 14.3 Å². The van der Waals surface area contributed by atoms with Gasteiger partial charge in [0.25, 0.3) is 0 Å². The molecule has 1 aliphatic rings. The third-order valence-corrected chi connectivity index (χ3v) is 6.98. The first-order chi connectivity index (χ1) is 19.2. The molecule has 1 fully saturated rings. The van der Waals surface area contributed by atoms with Gasteiger partial charge in [-0.3, -0.25) is 4.79 Å². The maximum absolute atomic E-state index is 13.1. The minimum atomic E-state index is -1.82. The second-order valence-corrected chi connectivity index (χ2v) is 9.81. The molecule has 1 unspecified atom stereocenters. The monoisotopic (exact) mass is 557 g/mol. The lowest BCUT2D eigenvalue weighted by atomic mass is 10.0. The van der Waals surface area contributed by atoms with E-state index in [0.29, 0.717) is 12.5 Å². The summed E-state index contributed by atoms with van der Waals surface area (Å²) in [7, 11) is 0. The lowest BCUT2D eigenvalue weighted by Gasteiger charge is -2.33. The van der Waals surface area contributed by atoms with Crippen molar-refractivity contribution in [1.29, 1.82) is 0 Å². The van der Waals surface area contributed by atoms with Crippen LogP contribution in [-0.4, -0.2) is 86.6 Å². The number of hydrogen-bond acceptors (Lipinski definition) is 6. The molecule has 0 spiro atoms. The Morgan fingerprint density at radius 1 is 0.950 bits per heavy atom. The molecule has 2 heterocycles. The number of carboxylic acids is 2. The van der Waals surface area contributed by atoms with E-state index in [-0.39, 0.29) is 31.4 Å². The summed E-state index contributed by atoms with van der Waals surface area (Å²) in [5.41, 5.74) is 3.24. The molecular formula is C29H36FN3O7. The number of fused-ring (bicyclic) bond motifs is 1. The highest BCUT2D eigenvalue weighted by atomic mass is 19.1. The van der Waals surface area contributed by atoms with Gasteiger partial charge in [-0.25, -0.2) is 14.0 Å². The van der Waals surface area contributed by atoms with Gasteiger partial charge in [0.05, 0.1) is 19.1 Å². The van der Waals surface area contributed by atoms with Crippen LogP contribution < -0.4 is 5.32 Å². The second-order valence-electron chi connectivity index (χ2n) is 9.81. The zero-order valence-electron chi connectivity index (χ0n) is 22.2. The van der Waals surface area contributed by atoms with E-state index < -0.39 is 18.0 Å². The molecular weight excluding hydrogens is 521 g/mol. The van der Waals surface area contributed by atoms with Crippen molar-refractivity contribution in [2.45, 2.75) is 44.2 Å². The molecule has 1 amide bonds. The van der Waals surface area contributed by atoms with Gasteiger partial charge < -0.3 is 35.2 Å². The van der Waals surface area contributed by atoms with Gasteiger partial charge in [0.1, 0.15) is 5.82 Å². The van der Waals surface area contributed by atoms with Crippen LogP contribution in [0.2, 0.25) is 0 Å². The number of hydrogen-bond donors (Lipinski definition) is 5. The van der Waals surface area contributed by atoms with Crippen LogP contribution in [0.1, 0.15) is 36.4 Å². The van der Waals surface area contributed by atoms with Crippen LogP contribution in [-0.2, 0) is 27.2 Å². The third-order valence-electron chi connectivity index (χ3n) is 6.98. The summed E-state index contributed by atoms with van der Waals surface area (Å²) in [6.45, 7) is 2.78. The molecule has 0 aliphatic carbocycles. The van der Waals surface area contributed by atoms with Crippen molar-refractivity contribution < 1.29 is 39.2 Å². The highest BCUT2D eigenvalue weighted by Gasteiger charge is 2.21. The smallest absolute Gasteiger partial charge is 0.414 e. The predicted octanol–water partition coefficient (Wildman–Crippen LogP) is 2.22. The van der Waals surface area contributed by atoms with Crippen LogP contribution in [0.3, 0.4) is 0 Å². The molecule has 216 valence electrons. The van der Waals surface area contributed by atoms with Gasteiger partial charge in [-0.05, 0) is 66.5 Å². The van der Waals surface area contributed by atoms with E-state index in [0.717, 1.165) is 60.9 Å². The Bertz CT molecular complexity index is 1260. The lowest BCUT2D eigenvalue weighted by Crippen LogP contribution is -2.39. The molecule has 1 aliphatic heterocycles. The Balaban J connectivity index is 0.000000663. The standard InChI is InChI=1S/C27H34FN3O3.C2H2O4/c28-23-5-2-20(3-6-23)7-12-30-13-9-25(10-14-30)31-15-8-22-4-1-21(17-26(22)31)18-27(34)29-24(19-33)11-16-32;3-1(4)2(5)6/h1-6,8,15,17,24-25,32-33H,7,9-14,16,18-19H2,(H,29,34);(H,3,4)(H,5,6). The number of nitrogens with zero attached hydrogens (tertiary/aromatic N) is 2. The number of aliphatic hydroxyl groups is 2. The van der Waals surface area contributed by atoms with Crippen molar-refractivity contribution in [3.63, 3.8) is 0 Å². The van der Waals surface area contributed by atoms with E-state index in [2.05, 4.69) is 39.2 Å². The van der Waals surface area contributed by atoms with Crippen molar-refractivity contribution in [3.05, 3.63) is 71.7 Å². The number of amides is 1. The summed E-state index contributed by atoms with van der Waals surface area (Å²) in [6.07, 6.45) is 5.79. The Morgan fingerprint density at radius 3 is 2.20 bits per heavy atom. The zero-order valence-corrected chi connectivity index (χ0v) is 22.2. The maximum Gasteiger partial charge on any atom is 0.414 e. The number of benzene rings is 2. The van der Waals surface area contributed by atoms with Gasteiger partial charge in [0.2, 0.25) is 5.91 Å². The van der Waals surface area contributed by atoms with E-state index >= 15 is 0 Å². The number of carbonyl (C=O) groups excluding carboxylic acids is 1. The predicted molar refractivity (Wildman–Crippen MR) is 146 cm³/mol. The second kappa shape index (κ2) is 15.1. The van der Waals surface area contributed by atoms with Crippen molar-refractivity contribution >= 4 is 28.7 Å². The van der Waals surface area contributed by atoms with Crippen LogP contribution in [0.25, 0.3) is 10.9 Å². The molecule has 0 saturated carbocycles. The van der Waals surface area contributed by atoms with Crippen LogP contribution in [0.4, 0.5) is 4.39 Å². The van der Waals surface area contributed by atoms with Crippen LogP contribution in [0, 0.1) is 5.82 Å². The molecule has 4 rings (SSSR count). The van der Waals surface area contributed by atoms with Gasteiger partial charge in [-0.2, -0.15) is 0 Å². The van der Waals surface area contributed by atoms with Crippen molar-refractivity contribution in [2.24, 2.45) is 0 Å². The van der Waals surface area contributed by atoms with Crippen molar-refractivity contribution in [3.8, 4) is 0 Å². The van der Waals surface area contributed by atoms with Crippen LogP contribution in [0.15, 0.2) is 54.7 Å². The number of aromatic nitrogens is 1. The van der Waals surface area contributed by atoms with Gasteiger partial charge in [-0.15, -0.1) is 0 Å². The van der Waals surface area contributed by atoms with Crippen molar-refractivity contribution in [2.75, 3.05) is 32.8 Å². The maximum atomic E-state index is 13.1. The Labute approximate surface area is 231 Å². The van der Waals surface area contributed by atoms with Gasteiger partial charge in [-0.1, -0.05) is 24.3 Å². The molecule has 5 N–H and O–H groups in total. The number of piperidine rings is 1. The van der Waals surface area contributed by atoms with E-state index in [4.69, 9.17) is 24.9 Å². The Morgan fingerprint density at radius 2 is 1.60 bits per heavy atom. The lowest BCUT2D eigenvalue weighted by molar-refractivity contribution is -0.159. The summed E-state index contributed by atoms with van der Waals surface area (Å²) >= 11 is 0. The Hall–Kier alpha value is -3.80. The largest absolute Gasteiger partial charge is 0.473 e. The SMILES string of the molecule is O=C(Cc1ccc2ccn(C3CCN(CCc4ccc(F)cc4)CC3)c2c1)NC(CO)CCO.O=C(O)C(=O)O. The number of rotatable bonds is 10. The molecule has 1 aromatic heterocycles. The quantitative estimate of drug-likeness (QED) is 0.238. The molecule has 3 aromatic rings. The minimum absolute atomic E-state index is 0.0734. The zero-order chi connectivity index (χ0) is 29.1. The fourth-order valence-electron chi connectivity index (χ4n) is 4.81. The van der Waals surface area contributed by atoms with Crippen molar-refractivity contribution in [1.82, 2.24) is 14.8 Å². The number of likely N-dealkylation sites (tertiary alicyclic amines) is 1. The molecule has 40 heavy (non-hydrogen) atoms. The summed E-state index contributed by atoms with van der Waals surface area (Å²) in [4.78, 5) is 33.1. The summed E-state index contributed by atoms with van der Waals surface area (Å²) in [5.74, 6) is -3.99. The molecule has 0 bridgehead atoms. The molecule has 2 aromatic carbocycles. The number of aliphatic carboxylic acids is 2. The number of nitrogens with one attached hydrogen (secondary N) is 1. The number of carbonyl (C=O) groups is 3. The highest BCUT2D eigenvalue weighted by molar-refractivity contribution is 6.27. The normalized spacial score (nSPS) is 14.8. The van der Waals surface area contributed by atoms with Gasteiger partial charge >= 0.3 is 11.9 Å². The van der Waals surface area contributed by atoms with E-state index in [1.807, 2.05) is 18.2 Å². The summed E-state index contributed by atoms with van der Waals surface area (Å²) < 4.78 is 15.4. The average Bonchev–Trinajstić information content (AvgIpc) is 3.36. The van der Waals surface area contributed by atoms with Crippen LogP contribution >= 0.6 is 0 Å². The average molecular weight is 558 g/mol. The topological polar surface area (TPSA) is 152 Å². The number of aliphatic hydroxyl groups excluding tert-OH is 2. The number of carboxylic acid groups (broad SMARTS) is 2. The number of halogens is 1. The van der Waals surface area contributed by atoms with E-state index in [1.54, 1.807) is 0 Å². The van der Waals surface area contributed by atoms with E-state index in [1.165, 1.54) is 12.1 Å². The van der Waals surface area contributed by atoms with Gasteiger partial charge in [0, 0.05) is 44.0 Å². The fraction of sp³-hybridized carbons (Fsp3) is 0.414. The van der Waals surface area contributed by atoms with Gasteiger partial charge in [0.15, 0.2) is 0 Å². The first kappa shape index (κ1) is 30.7. The highest BCUT2D eigenvalue weighted by Crippen LogP contribution is 2.28. The summed E-state index contributed by atoms with van der Waals surface area (Å²) in [5, 5.41) is 37.1. The molecule has 0 radical (unpaired) electrons. The third kappa shape index (κ3) is 9.15. The molecule has 1 saturated heterocycles. The van der Waals surface area contributed by atoms with Crippen LogP contribution in [0.5, 0.6) is 0 Å². The molecule has 10 nitrogen and oxygen atoms in total. The minimum Gasteiger partial charge on any atom is -0.473 e. The summed E-state index contributed by atoms with van der Waals surface area (Å²) in [6, 6.07) is 15.0. The fourth-order valence-corrected chi connectivity index (χ4v) is 4.81. The molecule has 11 heteroatoms. The first-order valence-corrected chi connectivity index (χ1v) is 13.2. The first-order valence-electron chi connectivity index (χ1n) is 13.2. The molecule has 1 atom stereocenters.